The van der Waals surface area contributed by atoms with Gasteiger partial charge in [-0.1, -0.05) is 72.8 Å². The van der Waals surface area contributed by atoms with Crippen LogP contribution in [0, 0.1) is 0 Å². The van der Waals surface area contributed by atoms with Gasteiger partial charge < -0.3 is 4.42 Å². The number of para-hydroxylation sites is 4. The lowest BCUT2D eigenvalue weighted by atomic mass is 10.1. The summed E-state index contributed by atoms with van der Waals surface area (Å²) in [6.07, 6.45) is 0. The summed E-state index contributed by atoms with van der Waals surface area (Å²) in [5, 5.41) is 2.25. The van der Waals surface area contributed by atoms with Crippen molar-refractivity contribution in [1.82, 2.24) is 9.55 Å². The first-order valence-corrected chi connectivity index (χ1v) is 9.34. The lowest BCUT2D eigenvalue weighted by molar-refractivity contribution is 0.666. The van der Waals surface area contributed by atoms with Gasteiger partial charge in [0, 0.05) is 16.3 Å². The fraction of sp³-hybridized carbons (Fsp3) is 0. The monoisotopic (exact) mass is 360 g/mol. The van der Waals surface area contributed by atoms with E-state index in [-0.39, 0.29) is 0 Å². The van der Waals surface area contributed by atoms with Gasteiger partial charge in [0.2, 0.25) is 0 Å². The molecule has 2 heterocycles. The number of fused-ring (bicyclic) bond motifs is 4. The Morgan fingerprint density at radius 2 is 1.39 bits per heavy atom. The first-order chi connectivity index (χ1) is 13.9. The third-order valence-corrected chi connectivity index (χ3v) is 5.22. The van der Waals surface area contributed by atoms with Gasteiger partial charge in [-0.2, -0.15) is 0 Å². The quantitative estimate of drug-likeness (QED) is 0.349. The fourth-order valence-electron chi connectivity index (χ4n) is 3.96. The van der Waals surface area contributed by atoms with Crippen molar-refractivity contribution in [3.05, 3.63) is 97.1 Å². The van der Waals surface area contributed by atoms with Crippen LogP contribution >= 0.6 is 0 Å². The molecule has 0 aliphatic rings. The molecular weight excluding hydrogens is 344 g/mol. The van der Waals surface area contributed by atoms with Gasteiger partial charge in [-0.3, -0.25) is 4.57 Å². The van der Waals surface area contributed by atoms with Crippen molar-refractivity contribution >= 4 is 33.0 Å². The molecule has 0 aliphatic heterocycles. The number of nitrogens with zero attached hydrogens (tertiary/aromatic N) is 2. The van der Waals surface area contributed by atoms with Crippen molar-refractivity contribution in [3.8, 4) is 17.1 Å². The molecule has 0 saturated carbocycles. The van der Waals surface area contributed by atoms with Crippen LogP contribution < -0.4 is 0 Å². The zero-order valence-corrected chi connectivity index (χ0v) is 15.0. The summed E-state index contributed by atoms with van der Waals surface area (Å²) < 4.78 is 8.50. The minimum atomic E-state index is 0.879. The van der Waals surface area contributed by atoms with E-state index in [0.29, 0.717) is 0 Å². The second kappa shape index (κ2) is 5.83. The number of imidazole rings is 1. The zero-order chi connectivity index (χ0) is 18.5. The zero-order valence-electron chi connectivity index (χ0n) is 15.0. The Kier molecular flexibility index (Phi) is 3.17. The van der Waals surface area contributed by atoms with Gasteiger partial charge in [0.15, 0.2) is 5.58 Å². The summed E-state index contributed by atoms with van der Waals surface area (Å²) in [7, 11) is 0. The number of rotatable bonds is 2. The van der Waals surface area contributed by atoms with E-state index in [2.05, 4.69) is 53.1 Å². The highest BCUT2D eigenvalue weighted by Gasteiger charge is 2.18. The van der Waals surface area contributed by atoms with Crippen LogP contribution in [0.15, 0.2) is 101 Å². The molecule has 3 heteroatoms. The van der Waals surface area contributed by atoms with Crippen LogP contribution in [0.25, 0.3) is 50.0 Å². The summed E-state index contributed by atoms with van der Waals surface area (Å²) in [5.41, 5.74) is 5.89. The number of hydrogen-bond acceptors (Lipinski definition) is 2. The van der Waals surface area contributed by atoms with Crippen molar-refractivity contribution in [3.63, 3.8) is 0 Å². The molecule has 6 rings (SSSR count). The molecule has 0 bridgehead atoms. The third-order valence-electron chi connectivity index (χ3n) is 5.22. The van der Waals surface area contributed by atoms with Crippen LogP contribution in [0.2, 0.25) is 0 Å². The SMILES string of the molecule is c1ccc(-c2nc3ccccc3n2-c2cccc3c2oc2ccccc23)cc1. The average molecular weight is 360 g/mol. The van der Waals surface area contributed by atoms with E-state index in [0.717, 1.165) is 50.0 Å². The largest absolute Gasteiger partial charge is 0.454 e. The van der Waals surface area contributed by atoms with E-state index in [1.165, 1.54) is 0 Å². The Bertz CT molecular complexity index is 1460. The Morgan fingerprint density at radius 3 is 2.32 bits per heavy atom. The highest BCUT2D eigenvalue weighted by molar-refractivity contribution is 6.08. The fourth-order valence-corrected chi connectivity index (χ4v) is 3.96. The second-order valence-corrected chi connectivity index (χ2v) is 6.88. The molecule has 0 saturated heterocycles. The molecule has 0 aliphatic carbocycles. The Balaban J connectivity index is 1.76. The molecule has 0 radical (unpaired) electrons. The molecular formula is C25H16N2O. The van der Waals surface area contributed by atoms with E-state index in [4.69, 9.17) is 9.40 Å². The maximum absolute atomic E-state index is 6.30. The smallest absolute Gasteiger partial charge is 0.159 e. The van der Waals surface area contributed by atoms with Gasteiger partial charge in [0.05, 0.1) is 16.7 Å². The van der Waals surface area contributed by atoms with Gasteiger partial charge in [0.1, 0.15) is 11.4 Å². The molecule has 3 nitrogen and oxygen atoms in total. The normalized spacial score (nSPS) is 11.6. The van der Waals surface area contributed by atoms with Crippen molar-refractivity contribution in [2.75, 3.05) is 0 Å². The summed E-state index contributed by atoms with van der Waals surface area (Å²) in [6.45, 7) is 0. The van der Waals surface area contributed by atoms with E-state index in [9.17, 15) is 0 Å². The van der Waals surface area contributed by atoms with Gasteiger partial charge in [-0.05, 0) is 24.3 Å². The van der Waals surface area contributed by atoms with Gasteiger partial charge in [-0.15, -0.1) is 0 Å². The number of hydrogen-bond donors (Lipinski definition) is 0. The van der Waals surface area contributed by atoms with Crippen molar-refractivity contribution in [1.29, 1.82) is 0 Å². The standard InChI is InChI=1S/C25H16N2O/c1-2-9-17(10-3-1)25-26-20-13-5-6-14-21(20)27(25)22-15-8-12-19-18-11-4-7-16-23(18)28-24(19)22/h1-16H. The van der Waals surface area contributed by atoms with Crippen LogP contribution in [0.3, 0.4) is 0 Å². The molecule has 0 spiro atoms. The molecule has 6 aromatic rings. The maximum atomic E-state index is 6.30. The second-order valence-electron chi connectivity index (χ2n) is 6.88. The van der Waals surface area contributed by atoms with E-state index >= 15 is 0 Å². The van der Waals surface area contributed by atoms with Crippen LogP contribution in [-0.4, -0.2) is 9.55 Å². The molecule has 0 unspecified atom stereocenters. The highest BCUT2D eigenvalue weighted by atomic mass is 16.3. The lowest BCUT2D eigenvalue weighted by Crippen LogP contribution is -1.98. The first kappa shape index (κ1) is 15.2. The topological polar surface area (TPSA) is 31.0 Å². The summed E-state index contributed by atoms with van der Waals surface area (Å²) in [5.74, 6) is 0.912. The van der Waals surface area contributed by atoms with Gasteiger partial charge in [-0.25, -0.2) is 4.98 Å². The predicted octanol–water partition coefficient (Wildman–Crippen LogP) is 6.59. The Hall–Kier alpha value is -3.85. The predicted molar refractivity (Wildman–Crippen MR) is 114 cm³/mol. The Morgan fingerprint density at radius 1 is 0.643 bits per heavy atom. The van der Waals surface area contributed by atoms with Gasteiger partial charge >= 0.3 is 0 Å². The molecule has 132 valence electrons. The van der Waals surface area contributed by atoms with Crippen LogP contribution in [0.5, 0.6) is 0 Å². The molecule has 0 fully saturated rings. The average Bonchev–Trinajstić information content (AvgIpc) is 3.33. The molecule has 0 atom stereocenters. The number of aromatic nitrogens is 2. The molecule has 0 N–H and O–H groups in total. The molecule has 28 heavy (non-hydrogen) atoms. The minimum Gasteiger partial charge on any atom is -0.454 e. The number of benzene rings is 4. The lowest BCUT2D eigenvalue weighted by Gasteiger charge is -2.10. The minimum absolute atomic E-state index is 0.879. The van der Waals surface area contributed by atoms with Crippen LogP contribution in [-0.2, 0) is 0 Å². The Labute approximate surface area is 161 Å². The van der Waals surface area contributed by atoms with E-state index in [1.54, 1.807) is 0 Å². The van der Waals surface area contributed by atoms with Crippen molar-refractivity contribution in [2.45, 2.75) is 0 Å². The van der Waals surface area contributed by atoms with Crippen molar-refractivity contribution < 1.29 is 4.42 Å². The van der Waals surface area contributed by atoms with Crippen molar-refractivity contribution in [2.24, 2.45) is 0 Å². The maximum Gasteiger partial charge on any atom is 0.159 e. The number of furan rings is 1. The summed E-state index contributed by atoms with van der Waals surface area (Å²) in [6, 6.07) is 33.0. The van der Waals surface area contributed by atoms with E-state index in [1.807, 2.05) is 48.5 Å². The molecule has 2 aromatic heterocycles. The molecule has 4 aromatic carbocycles. The third kappa shape index (κ3) is 2.13. The summed E-state index contributed by atoms with van der Waals surface area (Å²) in [4.78, 5) is 4.94. The van der Waals surface area contributed by atoms with Crippen LogP contribution in [0.4, 0.5) is 0 Å². The first-order valence-electron chi connectivity index (χ1n) is 9.34. The van der Waals surface area contributed by atoms with E-state index < -0.39 is 0 Å². The van der Waals surface area contributed by atoms with Crippen LogP contribution in [0.1, 0.15) is 0 Å². The molecule has 0 amide bonds. The highest BCUT2D eigenvalue weighted by Crippen LogP contribution is 2.36. The summed E-state index contributed by atoms with van der Waals surface area (Å²) >= 11 is 0. The van der Waals surface area contributed by atoms with Gasteiger partial charge in [0.25, 0.3) is 0 Å².